The van der Waals surface area contributed by atoms with Crippen molar-refractivity contribution in [1.82, 2.24) is 0 Å². The van der Waals surface area contributed by atoms with Gasteiger partial charge in [0.2, 0.25) is 7.37 Å². The molecule has 0 aromatic carbocycles. The smallest absolute Gasteiger partial charge is 0.204 e. The molecule has 1 unspecified atom stereocenters. The lowest BCUT2D eigenvalue weighted by molar-refractivity contribution is 0.330. The molecule has 0 saturated carbocycles. The van der Waals surface area contributed by atoms with Crippen LogP contribution in [0.15, 0.2) is 0 Å². The molecule has 0 heterocycles. The summed E-state index contributed by atoms with van der Waals surface area (Å²) in [6, 6.07) is 0. The number of alkyl halides is 1. The van der Waals surface area contributed by atoms with Gasteiger partial charge in [-0.1, -0.05) is 29.8 Å². The van der Waals surface area contributed by atoms with Crippen molar-refractivity contribution >= 4 is 23.3 Å². The summed E-state index contributed by atoms with van der Waals surface area (Å²) in [5, 5.41) is 0.761. The molecular formula is C8H18BrO2P. The molecule has 4 heteroatoms. The largest absolute Gasteiger partial charge is 0.329 e. The maximum atomic E-state index is 12.0. The fraction of sp³-hybridized carbons (Fsp3) is 1.00. The van der Waals surface area contributed by atoms with Crippen LogP contribution < -0.4 is 0 Å². The number of rotatable bonds is 6. The van der Waals surface area contributed by atoms with Crippen molar-refractivity contribution in [2.75, 3.05) is 24.3 Å². The van der Waals surface area contributed by atoms with Crippen LogP contribution in [0, 0.1) is 5.92 Å². The first-order valence-corrected chi connectivity index (χ1v) is 7.44. The SMILES string of the molecule is CCOP(=O)(CCBr)CC(C)C. The molecule has 0 amide bonds. The average Bonchev–Trinajstić information content (AvgIpc) is 1.85. The first-order valence-electron chi connectivity index (χ1n) is 4.32. The summed E-state index contributed by atoms with van der Waals surface area (Å²) in [7, 11) is -2.32. The van der Waals surface area contributed by atoms with E-state index in [0.717, 1.165) is 5.33 Å². The topological polar surface area (TPSA) is 26.3 Å². The monoisotopic (exact) mass is 256 g/mol. The van der Waals surface area contributed by atoms with Gasteiger partial charge in [-0.05, 0) is 12.8 Å². The van der Waals surface area contributed by atoms with Gasteiger partial charge in [-0.2, -0.15) is 0 Å². The molecule has 0 rings (SSSR count). The van der Waals surface area contributed by atoms with E-state index in [9.17, 15) is 4.57 Å². The second-order valence-corrected chi connectivity index (χ2v) is 6.71. The Morgan fingerprint density at radius 2 is 2.08 bits per heavy atom. The Hall–Kier alpha value is 0.670. The second kappa shape index (κ2) is 6.17. The number of hydrogen-bond donors (Lipinski definition) is 0. The third-order valence-corrected chi connectivity index (χ3v) is 5.36. The molecule has 0 aliphatic rings. The van der Waals surface area contributed by atoms with E-state index in [1.807, 2.05) is 6.92 Å². The van der Waals surface area contributed by atoms with Gasteiger partial charge in [-0.15, -0.1) is 0 Å². The lowest BCUT2D eigenvalue weighted by atomic mass is 10.3. The fourth-order valence-corrected chi connectivity index (χ4v) is 5.01. The molecule has 12 heavy (non-hydrogen) atoms. The molecule has 0 aliphatic heterocycles. The van der Waals surface area contributed by atoms with Gasteiger partial charge in [0.05, 0.1) is 6.61 Å². The van der Waals surface area contributed by atoms with Crippen LogP contribution >= 0.6 is 23.3 Å². The fourth-order valence-electron chi connectivity index (χ4n) is 1.13. The zero-order valence-corrected chi connectivity index (χ0v) is 10.5. The summed E-state index contributed by atoms with van der Waals surface area (Å²) in [5.74, 6) is 0.446. The second-order valence-electron chi connectivity index (χ2n) is 3.22. The van der Waals surface area contributed by atoms with Crippen LogP contribution in [-0.2, 0) is 9.09 Å². The Morgan fingerprint density at radius 3 is 2.42 bits per heavy atom. The van der Waals surface area contributed by atoms with Gasteiger partial charge < -0.3 is 4.52 Å². The van der Waals surface area contributed by atoms with Gasteiger partial charge in [-0.25, -0.2) is 0 Å². The van der Waals surface area contributed by atoms with Gasteiger partial charge >= 0.3 is 0 Å². The Morgan fingerprint density at radius 1 is 1.50 bits per heavy atom. The average molecular weight is 257 g/mol. The number of hydrogen-bond acceptors (Lipinski definition) is 2. The molecule has 2 nitrogen and oxygen atoms in total. The first kappa shape index (κ1) is 12.7. The van der Waals surface area contributed by atoms with E-state index < -0.39 is 7.37 Å². The minimum atomic E-state index is -2.32. The zero-order chi connectivity index (χ0) is 9.61. The van der Waals surface area contributed by atoms with Crippen LogP contribution in [0.3, 0.4) is 0 Å². The molecule has 0 aromatic heterocycles. The number of halogens is 1. The summed E-state index contributed by atoms with van der Waals surface area (Å²) >= 11 is 3.29. The van der Waals surface area contributed by atoms with Crippen LogP contribution in [0.1, 0.15) is 20.8 Å². The van der Waals surface area contributed by atoms with E-state index in [2.05, 4.69) is 29.8 Å². The van der Waals surface area contributed by atoms with Gasteiger partial charge in [0.25, 0.3) is 0 Å². The highest BCUT2D eigenvalue weighted by Gasteiger charge is 2.22. The van der Waals surface area contributed by atoms with E-state index in [1.165, 1.54) is 0 Å². The van der Waals surface area contributed by atoms with Gasteiger partial charge in [0, 0.05) is 17.7 Å². The van der Waals surface area contributed by atoms with E-state index in [-0.39, 0.29) is 0 Å². The van der Waals surface area contributed by atoms with Crippen LogP contribution in [0.2, 0.25) is 0 Å². The summed E-state index contributed by atoms with van der Waals surface area (Å²) in [4.78, 5) is 0. The molecule has 1 atom stereocenters. The minimum Gasteiger partial charge on any atom is -0.329 e. The summed E-state index contributed by atoms with van der Waals surface area (Å²) < 4.78 is 17.3. The van der Waals surface area contributed by atoms with Gasteiger partial charge in [0.1, 0.15) is 0 Å². The minimum absolute atomic E-state index is 0.446. The molecule has 0 N–H and O–H groups in total. The Kier molecular flexibility index (Phi) is 6.52. The quantitative estimate of drug-likeness (QED) is 0.538. The maximum Gasteiger partial charge on any atom is 0.204 e. The molecular weight excluding hydrogens is 239 g/mol. The lowest BCUT2D eigenvalue weighted by Crippen LogP contribution is -2.05. The van der Waals surface area contributed by atoms with E-state index in [0.29, 0.717) is 24.8 Å². The van der Waals surface area contributed by atoms with E-state index in [1.54, 1.807) is 0 Å². The van der Waals surface area contributed by atoms with Crippen LogP contribution in [0.25, 0.3) is 0 Å². The summed E-state index contributed by atoms with van der Waals surface area (Å²) in [6.07, 6.45) is 1.35. The molecule has 0 saturated heterocycles. The maximum absolute atomic E-state index is 12.0. The molecule has 74 valence electrons. The van der Waals surface area contributed by atoms with Crippen LogP contribution in [0.4, 0.5) is 0 Å². The normalized spacial score (nSPS) is 16.4. The van der Waals surface area contributed by atoms with Crippen molar-refractivity contribution in [2.24, 2.45) is 5.92 Å². The molecule has 0 aliphatic carbocycles. The third-order valence-electron chi connectivity index (χ3n) is 1.43. The van der Waals surface area contributed by atoms with Gasteiger partial charge in [-0.3, -0.25) is 4.57 Å². The zero-order valence-electron chi connectivity index (χ0n) is 8.05. The Balaban J connectivity index is 4.08. The Bertz CT molecular complexity index is 149. The van der Waals surface area contributed by atoms with Crippen molar-refractivity contribution in [3.8, 4) is 0 Å². The molecule has 0 radical (unpaired) electrons. The highest BCUT2D eigenvalue weighted by molar-refractivity contribution is 9.09. The lowest BCUT2D eigenvalue weighted by Gasteiger charge is -2.18. The third kappa shape index (κ3) is 5.34. The molecule has 0 spiro atoms. The van der Waals surface area contributed by atoms with Crippen molar-refractivity contribution in [2.45, 2.75) is 20.8 Å². The van der Waals surface area contributed by atoms with E-state index >= 15 is 0 Å². The summed E-state index contributed by atoms with van der Waals surface area (Å²) in [5.41, 5.74) is 0. The Labute approximate surface area is 83.7 Å². The van der Waals surface area contributed by atoms with Crippen molar-refractivity contribution in [3.05, 3.63) is 0 Å². The molecule has 0 fully saturated rings. The van der Waals surface area contributed by atoms with Crippen molar-refractivity contribution in [1.29, 1.82) is 0 Å². The predicted molar refractivity (Wildman–Crippen MR) is 57.6 cm³/mol. The van der Waals surface area contributed by atoms with E-state index in [4.69, 9.17) is 4.52 Å². The van der Waals surface area contributed by atoms with Crippen molar-refractivity contribution in [3.63, 3.8) is 0 Å². The highest BCUT2D eigenvalue weighted by atomic mass is 79.9. The highest BCUT2D eigenvalue weighted by Crippen LogP contribution is 2.48. The predicted octanol–water partition coefficient (Wildman–Crippen LogP) is 3.35. The van der Waals surface area contributed by atoms with Crippen molar-refractivity contribution < 1.29 is 9.09 Å². The molecule has 0 bridgehead atoms. The molecule has 0 aromatic rings. The van der Waals surface area contributed by atoms with Crippen LogP contribution in [-0.4, -0.2) is 24.3 Å². The van der Waals surface area contributed by atoms with Gasteiger partial charge in [0.15, 0.2) is 0 Å². The first-order chi connectivity index (χ1) is 5.54. The standard InChI is InChI=1S/C8H18BrO2P/c1-4-11-12(10,6-5-9)7-8(2)3/h8H,4-7H2,1-3H3. The van der Waals surface area contributed by atoms with Crippen LogP contribution in [0.5, 0.6) is 0 Å². The summed E-state index contributed by atoms with van der Waals surface area (Å²) in [6.45, 7) is 6.58.